The first-order valence-electron chi connectivity index (χ1n) is 41.0. The monoisotopic (exact) mass is 1550 g/mol. The molecule has 0 saturated carbocycles. The summed E-state index contributed by atoms with van der Waals surface area (Å²) in [6.45, 7) is 4.40. The van der Waals surface area contributed by atoms with Crippen LogP contribution in [0.4, 0.5) is 0 Å². The molecule has 3 N–H and O–H groups in total. The Morgan fingerprint density at radius 1 is 0.269 bits per heavy atom. The summed E-state index contributed by atoms with van der Waals surface area (Å²) >= 11 is 0. The van der Waals surface area contributed by atoms with E-state index >= 15 is 0 Å². The summed E-state index contributed by atoms with van der Waals surface area (Å²) in [4.78, 5) is 73.1. The smallest absolute Gasteiger partial charge is 0.462 e. The fraction of sp³-hybridized carbons (Fsp3) is 0.618. The molecule has 0 spiro atoms. The standard InChI is InChI=1S/C89H144O17P2/c1-5-9-13-17-21-25-29-33-36-39-41-44-47-51-54-58-62-66-70-74-87(92)100-80-85(106-89(94)76-72-68-64-60-56-52-48-45-42-40-37-34-30-26-22-18-14-10-6-2)82-104-108(97,98)102-78-83(90)77-101-107(95,96)103-81-84(105-88(93)75-71-67-63-59-55-49-32-28-24-20-16-12-8-4)79-99-86(91)73-69-65-61-57-53-50-46-43-38-35-31-27-23-19-15-11-7-3/h9,11,13,15-16,20-23,25-28,32-38,41-42,44-46,50-51,54,62,66,83-85,90H,5-8,10,12,14,17-19,24,29-31,39-40,43,47-49,52-53,55-61,63-65,67-82H2,1-4H3,(H,95,96)(H,97,98)/b13-9-,15-11-,20-16-,25-21-,26-22-,27-23-,32-28-,36-33-,37-34-,38-35-,44-41-,45-42-,50-46-,54-51-,66-62-. The Morgan fingerprint density at radius 3 is 0.833 bits per heavy atom. The van der Waals surface area contributed by atoms with Crippen molar-refractivity contribution >= 4 is 39.5 Å². The first-order chi connectivity index (χ1) is 52.7. The lowest BCUT2D eigenvalue weighted by Crippen LogP contribution is -2.30. The average molecular weight is 1550 g/mol. The van der Waals surface area contributed by atoms with Crippen molar-refractivity contribution in [2.45, 2.75) is 316 Å². The summed E-state index contributed by atoms with van der Waals surface area (Å²) in [5, 5.41) is 10.7. The molecule has 0 aromatic carbocycles. The van der Waals surface area contributed by atoms with E-state index in [2.05, 4.69) is 192 Å². The van der Waals surface area contributed by atoms with Crippen LogP contribution in [-0.4, -0.2) is 96.7 Å². The van der Waals surface area contributed by atoms with Crippen LogP contribution in [0.3, 0.4) is 0 Å². The second kappa shape index (κ2) is 79.3. The first kappa shape index (κ1) is 102. The van der Waals surface area contributed by atoms with Crippen molar-refractivity contribution in [2.24, 2.45) is 0 Å². The molecule has 108 heavy (non-hydrogen) atoms. The molecular weight excluding hydrogens is 1400 g/mol. The van der Waals surface area contributed by atoms with Crippen molar-refractivity contribution in [1.82, 2.24) is 0 Å². The van der Waals surface area contributed by atoms with Crippen molar-refractivity contribution < 1.29 is 80.2 Å². The second-order valence-corrected chi connectivity index (χ2v) is 29.5. The van der Waals surface area contributed by atoms with Crippen LogP contribution in [0.15, 0.2) is 182 Å². The Hall–Kier alpha value is -5.84. The minimum absolute atomic E-state index is 0.0260. The van der Waals surface area contributed by atoms with Crippen LogP contribution < -0.4 is 0 Å². The lowest BCUT2D eigenvalue weighted by molar-refractivity contribution is -0.161. The number of allylic oxidation sites excluding steroid dienone is 30. The molecule has 0 heterocycles. The minimum Gasteiger partial charge on any atom is -0.462 e. The quantitative estimate of drug-likeness (QED) is 0.0169. The maximum atomic E-state index is 13.1. The zero-order valence-corrected chi connectivity index (χ0v) is 68.7. The van der Waals surface area contributed by atoms with Crippen LogP contribution in [0, 0.1) is 0 Å². The maximum Gasteiger partial charge on any atom is 0.472 e. The Kier molecular flexibility index (Phi) is 75.0. The van der Waals surface area contributed by atoms with E-state index < -0.39 is 97.5 Å². The molecule has 19 heteroatoms. The van der Waals surface area contributed by atoms with Gasteiger partial charge in [-0.25, -0.2) is 9.13 Å². The highest BCUT2D eigenvalue weighted by Crippen LogP contribution is 2.45. The van der Waals surface area contributed by atoms with E-state index in [9.17, 15) is 43.2 Å². The average Bonchev–Trinajstić information content (AvgIpc) is 0.892. The third kappa shape index (κ3) is 78.3. The predicted molar refractivity (Wildman–Crippen MR) is 445 cm³/mol. The molecule has 0 aliphatic heterocycles. The van der Waals surface area contributed by atoms with Gasteiger partial charge in [-0.15, -0.1) is 0 Å². The van der Waals surface area contributed by atoms with E-state index in [1.165, 1.54) is 19.3 Å². The van der Waals surface area contributed by atoms with Gasteiger partial charge in [-0.1, -0.05) is 287 Å². The van der Waals surface area contributed by atoms with Gasteiger partial charge < -0.3 is 33.8 Å². The Balaban J connectivity index is 5.49. The Morgan fingerprint density at radius 2 is 0.519 bits per heavy atom. The zero-order chi connectivity index (χ0) is 78.9. The van der Waals surface area contributed by atoms with Crippen molar-refractivity contribution in [3.8, 4) is 0 Å². The molecule has 0 bridgehead atoms. The highest BCUT2D eigenvalue weighted by Gasteiger charge is 2.30. The Labute approximate surface area is 654 Å². The van der Waals surface area contributed by atoms with E-state index in [-0.39, 0.29) is 25.7 Å². The van der Waals surface area contributed by atoms with Crippen LogP contribution in [0.25, 0.3) is 0 Å². The molecular formula is C89H144O17P2. The van der Waals surface area contributed by atoms with Crippen LogP contribution in [0.2, 0.25) is 0 Å². The van der Waals surface area contributed by atoms with Crippen LogP contribution in [0.1, 0.15) is 297 Å². The minimum atomic E-state index is -5.01. The summed E-state index contributed by atoms with van der Waals surface area (Å²) in [5.74, 6) is -2.34. The van der Waals surface area contributed by atoms with Gasteiger partial charge in [0.1, 0.15) is 19.3 Å². The lowest BCUT2D eigenvalue weighted by atomic mass is 10.1. The number of phosphoric ester groups is 2. The van der Waals surface area contributed by atoms with Gasteiger partial charge in [0, 0.05) is 25.7 Å². The molecule has 0 radical (unpaired) electrons. The van der Waals surface area contributed by atoms with Crippen molar-refractivity contribution in [1.29, 1.82) is 0 Å². The Bertz CT molecular complexity index is 2760. The van der Waals surface area contributed by atoms with Crippen molar-refractivity contribution in [3.63, 3.8) is 0 Å². The predicted octanol–water partition coefficient (Wildman–Crippen LogP) is 24.3. The number of ether oxygens (including phenoxy) is 4. The first-order valence-corrected chi connectivity index (χ1v) is 44.0. The van der Waals surface area contributed by atoms with Crippen LogP contribution in [-0.2, 0) is 65.4 Å². The summed E-state index contributed by atoms with van der Waals surface area (Å²) < 4.78 is 68.6. The number of unbranched alkanes of at least 4 members (excludes halogenated alkanes) is 19. The number of carbonyl (C=O) groups is 4. The summed E-state index contributed by atoms with van der Waals surface area (Å²) in [6.07, 6.45) is 95.9. The van der Waals surface area contributed by atoms with Crippen molar-refractivity contribution in [2.75, 3.05) is 39.6 Å². The lowest BCUT2D eigenvalue weighted by Gasteiger charge is -2.21. The van der Waals surface area contributed by atoms with Gasteiger partial charge in [0.25, 0.3) is 0 Å². The molecule has 0 amide bonds. The summed E-state index contributed by atoms with van der Waals surface area (Å²) in [5.41, 5.74) is 0. The molecule has 0 rings (SSSR count). The highest BCUT2D eigenvalue weighted by atomic mass is 31.2. The van der Waals surface area contributed by atoms with Crippen LogP contribution in [0.5, 0.6) is 0 Å². The number of rotatable bonds is 75. The molecule has 0 aromatic heterocycles. The van der Waals surface area contributed by atoms with E-state index in [4.69, 9.17) is 37.0 Å². The fourth-order valence-electron chi connectivity index (χ4n) is 10.2. The van der Waals surface area contributed by atoms with E-state index in [0.717, 1.165) is 193 Å². The molecule has 5 atom stereocenters. The normalized spacial score (nSPS) is 14.8. The zero-order valence-electron chi connectivity index (χ0n) is 66.9. The fourth-order valence-corrected chi connectivity index (χ4v) is 11.7. The molecule has 0 fully saturated rings. The molecule has 17 nitrogen and oxygen atoms in total. The second-order valence-electron chi connectivity index (χ2n) is 26.6. The van der Waals surface area contributed by atoms with E-state index in [1.807, 2.05) is 18.2 Å². The van der Waals surface area contributed by atoms with Gasteiger partial charge in [0.05, 0.1) is 26.4 Å². The largest absolute Gasteiger partial charge is 0.472 e. The third-order valence-corrected chi connectivity index (χ3v) is 18.2. The number of esters is 4. The highest BCUT2D eigenvalue weighted by molar-refractivity contribution is 7.47. The van der Waals surface area contributed by atoms with Gasteiger partial charge in [-0.05, 0) is 167 Å². The molecule has 0 saturated heterocycles. The van der Waals surface area contributed by atoms with Crippen LogP contribution >= 0.6 is 15.6 Å². The molecule has 0 aliphatic rings. The van der Waals surface area contributed by atoms with Crippen molar-refractivity contribution in [3.05, 3.63) is 182 Å². The number of carbonyl (C=O) groups excluding carboxylic acids is 4. The SMILES string of the molecule is CC/C=C\C/C=C\C/C=C\C/C=C\C/C=C\C/C=C\CCC(=O)OCC(COP(=O)(O)OCC(O)COP(=O)(O)OCC(COC(=O)CCCCCC/C=C\C/C=C\C/C=C\C/C=C\CC)OC(=O)CCCCCCC/C=C\C/C=C\CCC)OC(=O)CCCCCCCC/C=C\C/C=C\C/C=C\CCCCC. The maximum absolute atomic E-state index is 13.1. The molecule has 612 valence electrons. The number of aliphatic hydroxyl groups is 1. The van der Waals surface area contributed by atoms with Gasteiger partial charge in [0.2, 0.25) is 0 Å². The molecule has 0 aromatic rings. The summed E-state index contributed by atoms with van der Waals surface area (Å²) in [7, 11) is -10.0. The third-order valence-electron chi connectivity index (χ3n) is 16.3. The van der Waals surface area contributed by atoms with E-state index in [1.54, 1.807) is 0 Å². The number of aliphatic hydroxyl groups excluding tert-OH is 1. The van der Waals surface area contributed by atoms with Gasteiger partial charge >= 0.3 is 39.5 Å². The number of hydrogen-bond acceptors (Lipinski definition) is 15. The molecule has 5 unspecified atom stereocenters. The van der Waals surface area contributed by atoms with Gasteiger partial charge in [-0.3, -0.25) is 37.3 Å². The molecule has 0 aliphatic carbocycles. The number of phosphoric acid groups is 2. The topological polar surface area (TPSA) is 237 Å². The van der Waals surface area contributed by atoms with Gasteiger partial charge in [0.15, 0.2) is 12.2 Å². The van der Waals surface area contributed by atoms with E-state index in [0.29, 0.717) is 32.1 Å². The summed E-state index contributed by atoms with van der Waals surface area (Å²) in [6, 6.07) is 0. The van der Waals surface area contributed by atoms with Gasteiger partial charge in [-0.2, -0.15) is 0 Å². The number of hydrogen-bond donors (Lipinski definition) is 3.